The molecule has 1 aromatic rings. The maximum absolute atomic E-state index is 12.1. The van der Waals surface area contributed by atoms with Gasteiger partial charge in [-0.2, -0.15) is 0 Å². The van der Waals surface area contributed by atoms with Gasteiger partial charge in [0, 0.05) is 32.7 Å². The third-order valence-corrected chi connectivity index (χ3v) is 3.59. The fourth-order valence-electron chi connectivity index (χ4n) is 2.15. The molecular formula is C13H19ClN2O3. The van der Waals surface area contributed by atoms with Crippen LogP contribution in [0.3, 0.4) is 0 Å². The van der Waals surface area contributed by atoms with Crippen LogP contribution in [0.15, 0.2) is 16.5 Å². The third-order valence-electron chi connectivity index (χ3n) is 3.38. The number of nitrogens with zero attached hydrogens (tertiary/aromatic N) is 2. The van der Waals surface area contributed by atoms with E-state index in [1.165, 1.54) is 0 Å². The Bertz CT molecular complexity index is 427. The van der Waals surface area contributed by atoms with Crippen molar-refractivity contribution in [2.75, 3.05) is 32.7 Å². The first-order valence-electron chi connectivity index (χ1n) is 6.55. The van der Waals surface area contributed by atoms with Crippen molar-refractivity contribution in [1.29, 1.82) is 0 Å². The van der Waals surface area contributed by atoms with E-state index in [0.717, 1.165) is 19.5 Å². The summed E-state index contributed by atoms with van der Waals surface area (Å²) in [5.41, 5.74) is 0. The fraction of sp³-hybridized carbons (Fsp3) is 0.615. The van der Waals surface area contributed by atoms with E-state index in [1.54, 1.807) is 17.0 Å². The lowest BCUT2D eigenvalue weighted by atomic mass is 10.2. The molecule has 19 heavy (non-hydrogen) atoms. The molecular weight excluding hydrogens is 268 g/mol. The third kappa shape index (κ3) is 3.72. The highest BCUT2D eigenvalue weighted by Gasteiger charge is 2.24. The van der Waals surface area contributed by atoms with E-state index in [4.69, 9.17) is 16.0 Å². The van der Waals surface area contributed by atoms with Crippen LogP contribution >= 0.6 is 11.6 Å². The van der Waals surface area contributed by atoms with Gasteiger partial charge in [-0.25, -0.2) is 0 Å². The Labute approximate surface area is 117 Å². The van der Waals surface area contributed by atoms with Crippen molar-refractivity contribution in [3.8, 4) is 0 Å². The minimum atomic E-state index is -0.286. The van der Waals surface area contributed by atoms with E-state index in [1.807, 2.05) is 6.92 Å². The second-order valence-electron chi connectivity index (χ2n) is 4.76. The summed E-state index contributed by atoms with van der Waals surface area (Å²) in [6.07, 6.45) is 0.468. The Morgan fingerprint density at radius 1 is 1.42 bits per heavy atom. The number of aliphatic hydroxyl groups excluding tert-OH is 1. The lowest BCUT2D eigenvalue weighted by Gasteiger charge is -2.35. The van der Waals surface area contributed by atoms with Gasteiger partial charge in [-0.15, -0.1) is 0 Å². The van der Waals surface area contributed by atoms with Crippen LogP contribution in [0.4, 0.5) is 0 Å². The van der Waals surface area contributed by atoms with Crippen molar-refractivity contribution in [2.24, 2.45) is 0 Å². The molecule has 0 spiro atoms. The number of rotatable bonds is 4. The van der Waals surface area contributed by atoms with E-state index < -0.39 is 0 Å². The second kappa shape index (κ2) is 6.41. The number of β-amino-alcohol motifs (C(OH)–C–C–N with tert-alkyl or cyclic N) is 1. The zero-order valence-electron chi connectivity index (χ0n) is 11.0. The van der Waals surface area contributed by atoms with Crippen LogP contribution < -0.4 is 0 Å². The molecule has 1 aliphatic heterocycles. The van der Waals surface area contributed by atoms with Crippen LogP contribution in [0, 0.1) is 0 Å². The summed E-state index contributed by atoms with van der Waals surface area (Å²) in [6, 6.07) is 3.17. The van der Waals surface area contributed by atoms with Crippen LogP contribution in [0.25, 0.3) is 0 Å². The molecule has 0 unspecified atom stereocenters. The molecule has 5 nitrogen and oxygen atoms in total. The summed E-state index contributed by atoms with van der Waals surface area (Å²) in [5.74, 6) is 0.162. The summed E-state index contributed by atoms with van der Waals surface area (Å²) >= 11 is 5.67. The van der Waals surface area contributed by atoms with E-state index in [-0.39, 0.29) is 23.0 Å². The minimum absolute atomic E-state index is 0.123. The van der Waals surface area contributed by atoms with Crippen LogP contribution in [-0.4, -0.2) is 59.6 Å². The molecule has 1 saturated heterocycles. The molecule has 106 valence electrons. The van der Waals surface area contributed by atoms with Gasteiger partial charge in [0.1, 0.15) is 0 Å². The molecule has 2 heterocycles. The van der Waals surface area contributed by atoms with Crippen molar-refractivity contribution in [1.82, 2.24) is 9.80 Å². The van der Waals surface area contributed by atoms with Gasteiger partial charge in [-0.3, -0.25) is 9.69 Å². The Morgan fingerprint density at radius 3 is 2.63 bits per heavy atom. The first kappa shape index (κ1) is 14.4. The monoisotopic (exact) mass is 286 g/mol. The van der Waals surface area contributed by atoms with Gasteiger partial charge in [0.15, 0.2) is 11.0 Å². The molecule has 0 aromatic carbocycles. The largest absolute Gasteiger partial charge is 0.440 e. The highest BCUT2D eigenvalue weighted by Crippen LogP contribution is 2.16. The van der Waals surface area contributed by atoms with E-state index in [9.17, 15) is 9.90 Å². The molecule has 0 aliphatic carbocycles. The van der Waals surface area contributed by atoms with Crippen molar-refractivity contribution >= 4 is 17.5 Å². The summed E-state index contributed by atoms with van der Waals surface area (Å²) in [6.45, 7) is 5.48. The molecule has 1 atom stereocenters. The van der Waals surface area contributed by atoms with Crippen LogP contribution in [0.1, 0.15) is 23.9 Å². The molecule has 0 bridgehead atoms. The lowest BCUT2D eigenvalue weighted by Crippen LogP contribution is -2.50. The quantitative estimate of drug-likeness (QED) is 0.910. The normalized spacial score (nSPS) is 18.6. The summed E-state index contributed by atoms with van der Waals surface area (Å²) in [7, 11) is 0. The summed E-state index contributed by atoms with van der Waals surface area (Å²) < 4.78 is 5.13. The van der Waals surface area contributed by atoms with Gasteiger partial charge in [0.25, 0.3) is 5.91 Å². The molecule has 2 rings (SSSR count). The zero-order valence-corrected chi connectivity index (χ0v) is 11.8. The molecule has 1 aromatic heterocycles. The van der Waals surface area contributed by atoms with Crippen LogP contribution in [-0.2, 0) is 0 Å². The predicted molar refractivity (Wildman–Crippen MR) is 72.4 cm³/mol. The van der Waals surface area contributed by atoms with E-state index >= 15 is 0 Å². The van der Waals surface area contributed by atoms with Gasteiger partial charge in [-0.1, -0.05) is 6.92 Å². The summed E-state index contributed by atoms with van der Waals surface area (Å²) in [4.78, 5) is 16.0. The number of piperazine rings is 1. The first-order chi connectivity index (χ1) is 9.10. The van der Waals surface area contributed by atoms with Gasteiger partial charge in [0.2, 0.25) is 0 Å². The average Bonchev–Trinajstić information content (AvgIpc) is 2.85. The molecule has 1 fully saturated rings. The molecule has 1 aliphatic rings. The lowest BCUT2D eigenvalue weighted by molar-refractivity contribution is 0.0500. The number of carbonyl (C=O) groups is 1. The second-order valence-corrected chi connectivity index (χ2v) is 5.13. The number of aliphatic hydroxyl groups is 1. The van der Waals surface area contributed by atoms with Crippen molar-refractivity contribution in [3.05, 3.63) is 23.1 Å². The van der Waals surface area contributed by atoms with Crippen molar-refractivity contribution in [2.45, 2.75) is 19.4 Å². The fourth-order valence-corrected chi connectivity index (χ4v) is 2.29. The van der Waals surface area contributed by atoms with Crippen LogP contribution in [0.5, 0.6) is 0 Å². The van der Waals surface area contributed by atoms with Crippen molar-refractivity contribution in [3.63, 3.8) is 0 Å². The maximum atomic E-state index is 12.1. The predicted octanol–water partition coefficient (Wildman–Crippen LogP) is 1.46. The van der Waals surface area contributed by atoms with Crippen molar-refractivity contribution < 1.29 is 14.3 Å². The topological polar surface area (TPSA) is 56.9 Å². The van der Waals surface area contributed by atoms with E-state index in [2.05, 4.69) is 4.90 Å². The Balaban J connectivity index is 1.84. The van der Waals surface area contributed by atoms with Crippen LogP contribution in [0.2, 0.25) is 5.22 Å². The zero-order chi connectivity index (χ0) is 13.8. The van der Waals surface area contributed by atoms with E-state index in [0.29, 0.717) is 19.6 Å². The Morgan fingerprint density at radius 2 is 2.11 bits per heavy atom. The SMILES string of the molecule is CC[C@H](O)CN1CCN(C(=O)c2ccc(Cl)o2)CC1. The number of hydrogen-bond donors (Lipinski definition) is 1. The average molecular weight is 287 g/mol. The van der Waals surface area contributed by atoms with Gasteiger partial charge in [-0.05, 0) is 30.2 Å². The van der Waals surface area contributed by atoms with Gasteiger partial charge in [0.05, 0.1) is 6.10 Å². The molecule has 1 N–H and O–H groups in total. The molecule has 0 saturated carbocycles. The molecule has 0 radical (unpaired) electrons. The number of amides is 1. The Kier molecular flexibility index (Phi) is 4.85. The number of hydrogen-bond acceptors (Lipinski definition) is 4. The van der Waals surface area contributed by atoms with Gasteiger partial charge < -0.3 is 14.4 Å². The highest BCUT2D eigenvalue weighted by molar-refractivity contribution is 6.29. The molecule has 1 amide bonds. The van der Waals surface area contributed by atoms with Gasteiger partial charge >= 0.3 is 0 Å². The summed E-state index contributed by atoms with van der Waals surface area (Å²) in [5, 5.41) is 9.84. The smallest absolute Gasteiger partial charge is 0.289 e. The maximum Gasteiger partial charge on any atom is 0.289 e. The number of halogens is 1. The Hall–Kier alpha value is -1.04. The minimum Gasteiger partial charge on any atom is -0.440 e. The number of furan rings is 1. The first-order valence-corrected chi connectivity index (χ1v) is 6.93. The number of carbonyl (C=O) groups excluding carboxylic acids is 1. The molecule has 6 heteroatoms. The highest BCUT2D eigenvalue weighted by atomic mass is 35.5. The standard InChI is InChI=1S/C13H19ClN2O3/c1-2-10(17)9-15-5-7-16(8-6-15)13(18)11-3-4-12(14)19-11/h3-4,10,17H,2,5-9H2,1H3/t10-/m0/s1.